The summed E-state index contributed by atoms with van der Waals surface area (Å²) in [5.74, 6) is 1.26. The maximum Gasteiger partial charge on any atom is 0.227 e. The van der Waals surface area contributed by atoms with Gasteiger partial charge in [-0.2, -0.15) is 0 Å². The minimum absolute atomic E-state index is 0.0287. The zero-order valence-electron chi connectivity index (χ0n) is 13.9. The van der Waals surface area contributed by atoms with Gasteiger partial charge >= 0.3 is 0 Å². The van der Waals surface area contributed by atoms with Crippen LogP contribution in [0.15, 0.2) is 0 Å². The summed E-state index contributed by atoms with van der Waals surface area (Å²) in [5, 5.41) is 2.70. The third-order valence-corrected chi connectivity index (χ3v) is 4.81. The van der Waals surface area contributed by atoms with E-state index in [1.54, 1.807) is 7.05 Å². The van der Waals surface area contributed by atoms with Crippen LogP contribution in [0.4, 0.5) is 0 Å². The predicted octanol–water partition coefficient (Wildman–Crippen LogP) is 1.37. The number of carbonyl (C=O) groups is 2. The Morgan fingerprint density at radius 2 is 2.00 bits per heavy atom. The molecule has 5 heteroatoms. The first-order valence-corrected chi connectivity index (χ1v) is 8.04. The van der Waals surface area contributed by atoms with E-state index in [0.717, 1.165) is 19.3 Å². The van der Waals surface area contributed by atoms with Crippen molar-refractivity contribution in [2.24, 2.45) is 23.0 Å². The first-order valence-electron chi connectivity index (χ1n) is 8.04. The van der Waals surface area contributed by atoms with Gasteiger partial charge in [-0.15, -0.1) is 0 Å². The van der Waals surface area contributed by atoms with Gasteiger partial charge in [0.25, 0.3) is 0 Å². The molecule has 1 fully saturated rings. The normalized spacial score (nSPS) is 23.4. The van der Waals surface area contributed by atoms with Crippen molar-refractivity contribution in [2.75, 3.05) is 26.7 Å². The molecular weight excluding hydrogens is 266 g/mol. The molecule has 0 aromatic heterocycles. The summed E-state index contributed by atoms with van der Waals surface area (Å²) >= 11 is 0. The lowest BCUT2D eigenvalue weighted by atomic mass is 9.88. The summed E-state index contributed by atoms with van der Waals surface area (Å²) in [6.45, 7) is 8.20. The number of nitrogens with zero attached hydrogens (tertiary/aromatic N) is 1. The molecule has 0 aliphatic carbocycles. The molecule has 0 bridgehead atoms. The van der Waals surface area contributed by atoms with E-state index in [0.29, 0.717) is 37.9 Å². The van der Waals surface area contributed by atoms with E-state index in [1.807, 2.05) is 11.8 Å². The average molecular weight is 297 g/mol. The van der Waals surface area contributed by atoms with Crippen LogP contribution in [0.25, 0.3) is 0 Å². The Hall–Kier alpha value is -1.10. The van der Waals surface area contributed by atoms with Crippen LogP contribution in [0.2, 0.25) is 0 Å². The number of hydrogen-bond donors (Lipinski definition) is 2. The third kappa shape index (κ3) is 4.70. The van der Waals surface area contributed by atoms with E-state index in [2.05, 4.69) is 19.2 Å². The van der Waals surface area contributed by atoms with Gasteiger partial charge < -0.3 is 16.0 Å². The van der Waals surface area contributed by atoms with Crippen LogP contribution in [-0.4, -0.2) is 43.4 Å². The van der Waals surface area contributed by atoms with Crippen molar-refractivity contribution >= 4 is 11.8 Å². The molecule has 122 valence electrons. The van der Waals surface area contributed by atoms with Crippen molar-refractivity contribution in [3.8, 4) is 0 Å². The zero-order valence-corrected chi connectivity index (χ0v) is 13.9. The van der Waals surface area contributed by atoms with Crippen molar-refractivity contribution in [1.82, 2.24) is 10.2 Å². The molecule has 2 unspecified atom stereocenters. The Balaban J connectivity index is 2.49. The molecule has 3 N–H and O–H groups in total. The number of hydrogen-bond acceptors (Lipinski definition) is 3. The maximum atomic E-state index is 12.3. The lowest BCUT2D eigenvalue weighted by Crippen LogP contribution is -2.40. The smallest absolute Gasteiger partial charge is 0.227 e. The fourth-order valence-corrected chi connectivity index (χ4v) is 3.15. The van der Waals surface area contributed by atoms with Gasteiger partial charge in [0.15, 0.2) is 0 Å². The number of nitrogens with two attached hydrogens (primary N) is 1. The zero-order chi connectivity index (χ0) is 16.0. The van der Waals surface area contributed by atoms with E-state index in [4.69, 9.17) is 5.73 Å². The van der Waals surface area contributed by atoms with Gasteiger partial charge in [-0.25, -0.2) is 0 Å². The largest absolute Gasteiger partial charge is 0.359 e. The van der Waals surface area contributed by atoms with Gasteiger partial charge in [0.2, 0.25) is 11.8 Å². The Morgan fingerprint density at radius 3 is 2.52 bits per heavy atom. The first-order chi connectivity index (χ1) is 9.84. The lowest BCUT2D eigenvalue weighted by molar-refractivity contribution is -0.132. The van der Waals surface area contributed by atoms with Crippen molar-refractivity contribution < 1.29 is 9.59 Å². The lowest BCUT2D eigenvalue weighted by Gasteiger charge is -2.24. The minimum Gasteiger partial charge on any atom is -0.359 e. The van der Waals surface area contributed by atoms with Crippen molar-refractivity contribution in [3.63, 3.8) is 0 Å². The SMILES string of the molecule is CNC(=O)C1(C)CCN(C(=O)CCC(CCN)C(C)C)C1. The van der Waals surface area contributed by atoms with E-state index in [-0.39, 0.29) is 11.8 Å². The highest BCUT2D eigenvalue weighted by molar-refractivity contribution is 5.84. The fourth-order valence-electron chi connectivity index (χ4n) is 3.15. The number of rotatable bonds is 7. The molecule has 1 aliphatic rings. The Bertz CT molecular complexity index is 371. The van der Waals surface area contributed by atoms with Crippen LogP contribution >= 0.6 is 0 Å². The summed E-state index contributed by atoms with van der Waals surface area (Å²) < 4.78 is 0. The number of likely N-dealkylation sites (tertiary alicyclic amines) is 1. The van der Waals surface area contributed by atoms with Crippen LogP contribution in [0.5, 0.6) is 0 Å². The minimum atomic E-state index is -0.431. The first kappa shape index (κ1) is 18.0. The second-order valence-electron chi connectivity index (χ2n) is 6.83. The third-order valence-electron chi connectivity index (χ3n) is 4.81. The highest BCUT2D eigenvalue weighted by Crippen LogP contribution is 2.31. The van der Waals surface area contributed by atoms with Gasteiger partial charge in [0.1, 0.15) is 0 Å². The van der Waals surface area contributed by atoms with E-state index in [1.165, 1.54) is 0 Å². The summed E-state index contributed by atoms with van der Waals surface area (Å²) in [6, 6.07) is 0. The van der Waals surface area contributed by atoms with Crippen molar-refractivity contribution in [2.45, 2.75) is 46.5 Å². The van der Waals surface area contributed by atoms with Gasteiger partial charge in [0.05, 0.1) is 5.41 Å². The Morgan fingerprint density at radius 1 is 1.33 bits per heavy atom. The molecule has 1 rings (SSSR count). The molecule has 0 spiro atoms. The molecule has 0 radical (unpaired) electrons. The monoisotopic (exact) mass is 297 g/mol. The topological polar surface area (TPSA) is 75.4 Å². The summed E-state index contributed by atoms with van der Waals surface area (Å²) in [5.41, 5.74) is 5.21. The molecule has 2 amide bonds. The van der Waals surface area contributed by atoms with Crippen LogP contribution in [0, 0.1) is 17.3 Å². The summed E-state index contributed by atoms with van der Waals surface area (Å²) in [6.07, 6.45) is 3.17. The molecule has 1 heterocycles. The van der Waals surface area contributed by atoms with Gasteiger partial charge in [-0.3, -0.25) is 9.59 Å². The fraction of sp³-hybridized carbons (Fsp3) is 0.875. The van der Waals surface area contributed by atoms with Crippen molar-refractivity contribution in [3.05, 3.63) is 0 Å². The molecule has 0 saturated carbocycles. The predicted molar refractivity (Wildman–Crippen MR) is 84.6 cm³/mol. The Kier molecular flexibility index (Phi) is 6.65. The quantitative estimate of drug-likeness (QED) is 0.745. The molecule has 5 nitrogen and oxygen atoms in total. The second kappa shape index (κ2) is 7.78. The van der Waals surface area contributed by atoms with Crippen LogP contribution in [0.1, 0.15) is 46.5 Å². The summed E-state index contributed by atoms with van der Waals surface area (Å²) in [4.78, 5) is 26.1. The van der Waals surface area contributed by atoms with Gasteiger partial charge in [-0.05, 0) is 44.6 Å². The number of carbonyl (C=O) groups excluding carboxylic acids is 2. The highest BCUT2D eigenvalue weighted by atomic mass is 16.2. The Labute approximate surface area is 128 Å². The van der Waals surface area contributed by atoms with Crippen molar-refractivity contribution in [1.29, 1.82) is 0 Å². The van der Waals surface area contributed by atoms with E-state index < -0.39 is 5.41 Å². The molecule has 1 aliphatic heterocycles. The molecule has 0 aromatic rings. The molecular formula is C16H31N3O2. The molecule has 21 heavy (non-hydrogen) atoms. The van der Waals surface area contributed by atoms with Crippen LogP contribution in [0.3, 0.4) is 0 Å². The van der Waals surface area contributed by atoms with Crippen LogP contribution in [-0.2, 0) is 9.59 Å². The van der Waals surface area contributed by atoms with Gasteiger partial charge in [0, 0.05) is 26.6 Å². The van der Waals surface area contributed by atoms with Gasteiger partial charge in [-0.1, -0.05) is 13.8 Å². The second-order valence-corrected chi connectivity index (χ2v) is 6.83. The van der Waals surface area contributed by atoms with Crippen LogP contribution < -0.4 is 11.1 Å². The highest BCUT2D eigenvalue weighted by Gasteiger charge is 2.41. The molecule has 1 saturated heterocycles. The molecule has 0 aromatic carbocycles. The summed E-state index contributed by atoms with van der Waals surface area (Å²) in [7, 11) is 1.65. The standard InChI is InChI=1S/C16H31N3O2/c1-12(2)13(7-9-17)5-6-14(20)19-10-8-16(3,11-19)15(21)18-4/h12-13H,5-11,17H2,1-4H3,(H,18,21). The number of nitrogens with one attached hydrogen (secondary N) is 1. The van der Waals surface area contributed by atoms with E-state index in [9.17, 15) is 9.59 Å². The molecule has 2 atom stereocenters. The number of amides is 2. The van der Waals surface area contributed by atoms with E-state index >= 15 is 0 Å². The average Bonchev–Trinajstić information content (AvgIpc) is 2.85. The maximum absolute atomic E-state index is 12.3.